The summed E-state index contributed by atoms with van der Waals surface area (Å²) in [6.07, 6.45) is 2.21. The predicted octanol–water partition coefficient (Wildman–Crippen LogP) is 4.66. The summed E-state index contributed by atoms with van der Waals surface area (Å²) >= 11 is 1.62. The van der Waals surface area contributed by atoms with E-state index in [0.717, 1.165) is 33.8 Å². The number of hydrogen-bond acceptors (Lipinski definition) is 9. The lowest BCUT2D eigenvalue weighted by Crippen LogP contribution is -2.63. The largest absolute Gasteiger partial charge is 0.424 e. The van der Waals surface area contributed by atoms with Crippen molar-refractivity contribution in [2.45, 2.75) is 32.3 Å². The van der Waals surface area contributed by atoms with Gasteiger partial charge in [0, 0.05) is 28.2 Å². The summed E-state index contributed by atoms with van der Waals surface area (Å²) in [4.78, 5) is 15.7. The van der Waals surface area contributed by atoms with Crippen molar-refractivity contribution in [2.24, 2.45) is 5.92 Å². The van der Waals surface area contributed by atoms with Gasteiger partial charge in [-0.05, 0) is 44.7 Å². The van der Waals surface area contributed by atoms with Gasteiger partial charge in [-0.1, -0.05) is 0 Å². The first kappa shape index (κ1) is 19.4. The number of fused-ring (bicyclic) bond motifs is 1. The number of aromatic amines is 1. The molecule has 3 N–H and O–H groups in total. The van der Waals surface area contributed by atoms with E-state index in [9.17, 15) is 5.11 Å². The van der Waals surface area contributed by atoms with E-state index in [4.69, 9.17) is 4.74 Å². The third-order valence-electron chi connectivity index (χ3n) is 5.92. The molecule has 3 aromatic heterocycles. The number of rotatable bonds is 6. The molecule has 0 amide bonds. The van der Waals surface area contributed by atoms with Gasteiger partial charge in [0.05, 0.1) is 28.3 Å². The molecule has 1 aliphatic carbocycles. The van der Waals surface area contributed by atoms with Gasteiger partial charge < -0.3 is 20.1 Å². The topological polar surface area (TPSA) is 112 Å². The van der Waals surface area contributed by atoms with Crippen LogP contribution in [0.25, 0.3) is 10.2 Å². The van der Waals surface area contributed by atoms with Crippen molar-refractivity contribution in [1.29, 1.82) is 0 Å². The van der Waals surface area contributed by atoms with Gasteiger partial charge in [-0.3, -0.25) is 5.10 Å². The minimum absolute atomic E-state index is 0. The normalized spacial score (nSPS) is 17.4. The van der Waals surface area contributed by atoms with Crippen molar-refractivity contribution in [3.8, 4) is 11.8 Å². The monoisotopic (exact) mass is 455 g/mol. The number of aliphatic hydroxyl groups is 1. The Bertz CT molecular complexity index is 1320. The lowest BCUT2D eigenvalue weighted by Gasteiger charge is -2.47. The Hall–Kier alpha value is -3.24. The fourth-order valence-corrected chi connectivity index (χ4v) is 5.00. The number of thiazole rings is 1. The van der Waals surface area contributed by atoms with E-state index in [0.29, 0.717) is 42.2 Å². The van der Waals surface area contributed by atoms with Crippen LogP contribution >= 0.6 is 11.3 Å². The molecule has 2 aliphatic rings. The van der Waals surface area contributed by atoms with Gasteiger partial charge in [0.15, 0.2) is 5.82 Å². The maximum absolute atomic E-state index is 10.7. The number of aromatic nitrogens is 5. The van der Waals surface area contributed by atoms with Gasteiger partial charge in [0.1, 0.15) is 23.0 Å². The van der Waals surface area contributed by atoms with Crippen molar-refractivity contribution < 1.29 is 14.1 Å². The minimum atomic E-state index is -0.603. The van der Waals surface area contributed by atoms with Gasteiger partial charge in [-0.2, -0.15) is 15.1 Å². The van der Waals surface area contributed by atoms with Crippen LogP contribution < -0.4 is 15.0 Å². The van der Waals surface area contributed by atoms with Crippen LogP contribution in [0.4, 0.5) is 17.5 Å². The first-order valence-corrected chi connectivity index (χ1v) is 11.5. The average molecular weight is 456 g/mol. The molecular weight excluding hydrogens is 426 g/mol. The van der Waals surface area contributed by atoms with Crippen molar-refractivity contribution >= 4 is 39.0 Å². The van der Waals surface area contributed by atoms with Gasteiger partial charge in [-0.15, -0.1) is 11.3 Å². The molecule has 1 aliphatic heterocycles. The molecule has 1 saturated carbocycles. The van der Waals surface area contributed by atoms with Crippen LogP contribution in [0.3, 0.4) is 0 Å². The molecule has 6 rings (SSSR count). The smallest absolute Gasteiger partial charge is 0.325 e. The Balaban J connectivity index is 0.00000114. The van der Waals surface area contributed by atoms with E-state index in [-0.39, 0.29) is 10.3 Å². The van der Waals surface area contributed by atoms with E-state index < -0.39 is 5.60 Å². The first-order valence-electron chi connectivity index (χ1n) is 10.6. The Kier molecular flexibility index (Phi) is 4.34. The van der Waals surface area contributed by atoms with Crippen molar-refractivity contribution in [1.82, 2.24) is 25.1 Å². The maximum Gasteiger partial charge on any atom is 0.325 e. The molecule has 170 valence electrons. The maximum atomic E-state index is 10.7. The Morgan fingerprint density at radius 1 is 1.16 bits per heavy atom. The van der Waals surface area contributed by atoms with Gasteiger partial charge >= 0.3 is 6.01 Å². The number of benzene rings is 1. The summed E-state index contributed by atoms with van der Waals surface area (Å²) in [5.74, 6) is 3.02. The lowest BCUT2D eigenvalue weighted by atomic mass is 9.89. The summed E-state index contributed by atoms with van der Waals surface area (Å²) in [6, 6.07) is 9.76. The molecule has 2 fully saturated rings. The van der Waals surface area contributed by atoms with Gasteiger partial charge in [-0.25, -0.2) is 4.98 Å². The van der Waals surface area contributed by atoms with Crippen LogP contribution in [-0.4, -0.2) is 48.9 Å². The SMILES string of the molecule is Cc1cc(Nc2cc(N3CC(O)(C4CC4)C3)nc(Oc3ccc4nc(C)sc4c3)n2)n[nH]1.[HH].[HH].[HH]. The van der Waals surface area contributed by atoms with E-state index in [2.05, 4.69) is 35.4 Å². The Labute approximate surface area is 193 Å². The minimum Gasteiger partial charge on any atom is -0.424 e. The molecular formula is C22H29N7O2S. The lowest BCUT2D eigenvalue weighted by molar-refractivity contribution is -0.00979. The van der Waals surface area contributed by atoms with Gasteiger partial charge in [0.2, 0.25) is 0 Å². The standard InChI is InChI=1S/C22H23N7O2S.3H2/c1-12-7-19(28-27-12)24-18-9-20(29-10-22(30,11-29)14-3-4-14)26-21(25-18)31-15-5-6-16-17(8-15)32-13(2)23-16;;;/h5-9,14,30H,3-4,10-11H2,1-2H3,(H2,24,25,26,27,28);3*1H. The highest BCUT2D eigenvalue weighted by Gasteiger charge is 2.52. The molecule has 0 atom stereocenters. The summed E-state index contributed by atoms with van der Waals surface area (Å²) in [5, 5.41) is 22.1. The van der Waals surface area contributed by atoms with E-state index in [1.54, 1.807) is 11.3 Å². The number of aryl methyl sites for hydroxylation is 2. The first-order chi connectivity index (χ1) is 15.4. The highest BCUT2D eigenvalue weighted by Crippen LogP contribution is 2.45. The second-order valence-electron chi connectivity index (χ2n) is 8.65. The zero-order valence-corrected chi connectivity index (χ0v) is 18.6. The number of nitrogens with one attached hydrogen (secondary N) is 2. The van der Waals surface area contributed by atoms with Crippen molar-refractivity contribution in [2.75, 3.05) is 23.3 Å². The quantitative estimate of drug-likeness (QED) is 0.385. The third-order valence-corrected chi connectivity index (χ3v) is 6.85. The molecule has 4 heterocycles. The zero-order valence-electron chi connectivity index (χ0n) is 17.8. The fourth-order valence-electron chi connectivity index (χ4n) is 4.14. The van der Waals surface area contributed by atoms with Gasteiger partial charge in [0.25, 0.3) is 0 Å². The predicted molar refractivity (Wildman–Crippen MR) is 129 cm³/mol. The number of hydrogen-bond donors (Lipinski definition) is 3. The molecule has 0 bridgehead atoms. The number of β-amino-alcohol motifs (C(OH)–C–C–N with tert-alkyl or cyclic N) is 1. The molecule has 10 heteroatoms. The summed E-state index contributed by atoms with van der Waals surface area (Å²) in [6.45, 7) is 5.07. The second kappa shape index (κ2) is 7.14. The summed E-state index contributed by atoms with van der Waals surface area (Å²) < 4.78 is 7.10. The highest BCUT2D eigenvalue weighted by molar-refractivity contribution is 7.18. The molecule has 0 radical (unpaired) electrons. The number of anilines is 3. The fraction of sp³-hybridized carbons (Fsp3) is 0.364. The number of H-pyrrole nitrogens is 1. The molecule has 4 aromatic rings. The molecule has 1 saturated heterocycles. The number of ether oxygens (including phenoxy) is 1. The third kappa shape index (κ3) is 3.65. The average Bonchev–Trinajstić information content (AvgIpc) is 3.41. The highest BCUT2D eigenvalue weighted by atomic mass is 32.1. The molecule has 0 spiro atoms. The van der Waals surface area contributed by atoms with Crippen LogP contribution in [0.15, 0.2) is 30.3 Å². The van der Waals surface area contributed by atoms with E-state index in [1.165, 1.54) is 0 Å². The van der Waals surface area contributed by atoms with Crippen LogP contribution in [0, 0.1) is 19.8 Å². The Morgan fingerprint density at radius 2 is 2.00 bits per heavy atom. The Morgan fingerprint density at radius 3 is 2.75 bits per heavy atom. The van der Waals surface area contributed by atoms with Crippen LogP contribution in [-0.2, 0) is 0 Å². The summed E-state index contributed by atoms with van der Waals surface area (Å²) in [5.41, 5.74) is 1.29. The van der Waals surface area contributed by atoms with E-state index >= 15 is 0 Å². The molecule has 9 nitrogen and oxygen atoms in total. The zero-order chi connectivity index (χ0) is 21.9. The second-order valence-corrected chi connectivity index (χ2v) is 9.89. The van der Waals surface area contributed by atoms with Crippen LogP contribution in [0.2, 0.25) is 0 Å². The van der Waals surface area contributed by atoms with Crippen LogP contribution in [0.5, 0.6) is 11.8 Å². The number of nitrogens with zero attached hydrogens (tertiary/aromatic N) is 5. The van der Waals surface area contributed by atoms with Crippen molar-refractivity contribution in [3.05, 3.63) is 41.0 Å². The molecule has 0 unspecified atom stereocenters. The molecule has 1 aromatic carbocycles. The van der Waals surface area contributed by atoms with Crippen LogP contribution in [0.1, 0.15) is 27.8 Å². The summed E-state index contributed by atoms with van der Waals surface area (Å²) in [7, 11) is 0. The molecule has 32 heavy (non-hydrogen) atoms. The van der Waals surface area contributed by atoms with E-state index in [1.807, 2.05) is 44.2 Å². The van der Waals surface area contributed by atoms with Crippen molar-refractivity contribution in [3.63, 3.8) is 0 Å².